The van der Waals surface area contributed by atoms with Crippen molar-refractivity contribution in [2.24, 2.45) is 0 Å². The first-order valence-corrected chi connectivity index (χ1v) is 7.45. The molecule has 0 aliphatic heterocycles. The quantitative estimate of drug-likeness (QED) is 0.663. The fourth-order valence-electron chi connectivity index (χ4n) is 2.10. The molecule has 3 aromatic rings. The van der Waals surface area contributed by atoms with Gasteiger partial charge in [0.1, 0.15) is 0 Å². The molecule has 0 aliphatic rings. The van der Waals surface area contributed by atoms with E-state index in [1.165, 1.54) is 0 Å². The molecule has 1 amide bonds. The second-order valence-corrected chi connectivity index (χ2v) is 5.74. The molecule has 0 spiro atoms. The van der Waals surface area contributed by atoms with Crippen molar-refractivity contribution < 1.29 is 4.79 Å². The van der Waals surface area contributed by atoms with Gasteiger partial charge in [-0.25, -0.2) is 4.98 Å². The summed E-state index contributed by atoms with van der Waals surface area (Å²) in [5.74, 6) is 0.0724. The van der Waals surface area contributed by atoms with Crippen LogP contribution in [0.15, 0.2) is 48.7 Å². The average Bonchev–Trinajstić information content (AvgIpc) is 2.93. The SMILES string of the molecule is Nc1ncc(-c2ccc(NC(=O)c3cc(Cl)cc(Cl)c3)cc2)[nH]1. The van der Waals surface area contributed by atoms with Crippen molar-refractivity contribution in [1.82, 2.24) is 9.97 Å². The van der Waals surface area contributed by atoms with Crippen LogP contribution in [-0.4, -0.2) is 15.9 Å². The summed E-state index contributed by atoms with van der Waals surface area (Å²) in [6.45, 7) is 0. The lowest BCUT2D eigenvalue weighted by atomic mass is 10.1. The number of nitrogens with zero attached hydrogens (tertiary/aromatic N) is 1. The van der Waals surface area contributed by atoms with Crippen LogP contribution in [-0.2, 0) is 0 Å². The van der Waals surface area contributed by atoms with E-state index in [4.69, 9.17) is 28.9 Å². The van der Waals surface area contributed by atoms with Crippen LogP contribution in [0.3, 0.4) is 0 Å². The van der Waals surface area contributed by atoms with Crippen molar-refractivity contribution >= 4 is 40.7 Å². The number of halogens is 2. The summed E-state index contributed by atoms with van der Waals surface area (Å²) >= 11 is 11.8. The number of H-pyrrole nitrogens is 1. The van der Waals surface area contributed by atoms with E-state index in [-0.39, 0.29) is 5.91 Å². The minimum Gasteiger partial charge on any atom is -0.369 e. The van der Waals surface area contributed by atoms with Gasteiger partial charge in [-0.2, -0.15) is 0 Å². The minimum absolute atomic E-state index is 0.284. The van der Waals surface area contributed by atoms with Crippen molar-refractivity contribution in [2.45, 2.75) is 0 Å². The number of nitrogen functional groups attached to an aromatic ring is 1. The van der Waals surface area contributed by atoms with Crippen molar-refractivity contribution in [3.63, 3.8) is 0 Å². The van der Waals surface area contributed by atoms with Gasteiger partial charge in [0, 0.05) is 21.3 Å². The highest BCUT2D eigenvalue weighted by atomic mass is 35.5. The number of carbonyl (C=O) groups is 1. The van der Waals surface area contributed by atoms with E-state index in [1.54, 1.807) is 36.5 Å². The molecule has 0 aliphatic carbocycles. The third kappa shape index (κ3) is 3.64. The number of benzene rings is 2. The molecule has 3 rings (SSSR count). The Kier molecular flexibility index (Phi) is 4.23. The van der Waals surface area contributed by atoms with Gasteiger partial charge in [-0.15, -0.1) is 0 Å². The lowest BCUT2D eigenvalue weighted by molar-refractivity contribution is 0.102. The van der Waals surface area contributed by atoms with Gasteiger partial charge >= 0.3 is 0 Å². The number of aromatic nitrogens is 2. The number of nitrogens with two attached hydrogens (primary N) is 1. The summed E-state index contributed by atoms with van der Waals surface area (Å²) in [4.78, 5) is 19.1. The Morgan fingerprint density at radius 2 is 1.74 bits per heavy atom. The molecule has 0 saturated carbocycles. The number of rotatable bonds is 3. The van der Waals surface area contributed by atoms with Gasteiger partial charge < -0.3 is 16.0 Å². The van der Waals surface area contributed by atoms with Crippen LogP contribution >= 0.6 is 23.2 Å². The Morgan fingerprint density at radius 1 is 1.09 bits per heavy atom. The fourth-order valence-corrected chi connectivity index (χ4v) is 2.63. The maximum Gasteiger partial charge on any atom is 0.255 e. The number of imidazole rings is 1. The molecular weight excluding hydrogens is 335 g/mol. The molecule has 0 saturated heterocycles. The monoisotopic (exact) mass is 346 g/mol. The number of hydrogen-bond donors (Lipinski definition) is 3. The summed E-state index contributed by atoms with van der Waals surface area (Å²) in [6, 6.07) is 12.0. The van der Waals surface area contributed by atoms with Crippen LogP contribution in [0, 0.1) is 0 Å². The van der Waals surface area contributed by atoms with E-state index in [0.29, 0.717) is 27.2 Å². The highest BCUT2D eigenvalue weighted by Gasteiger charge is 2.09. The third-order valence-corrected chi connectivity index (χ3v) is 3.61. The fraction of sp³-hybridized carbons (Fsp3) is 0. The third-order valence-electron chi connectivity index (χ3n) is 3.17. The van der Waals surface area contributed by atoms with Gasteiger partial charge in [0.05, 0.1) is 11.9 Å². The zero-order valence-corrected chi connectivity index (χ0v) is 13.3. The maximum atomic E-state index is 12.2. The first-order chi connectivity index (χ1) is 11.0. The van der Waals surface area contributed by atoms with E-state index < -0.39 is 0 Å². The lowest BCUT2D eigenvalue weighted by Gasteiger charge is -2.07. The number of aromatic amines is 1. The molecule has 116 valence electrons. The first kappa shape index (κ1) is 15.4. The second kappa shape index (κ2) is 6.32. The molecule has 5 nitrogen and oxygen atoms in total. The molecule has 0 fully saturated rings. The molecule has 4 N–H and O–H groups in total. The Bertz CT molecular complexity index is 839. The van der Waals surface area contributed by atoms with Crippen LogP contribution in [0.1, 0.15) is 10.4 Å². The van der Waals surface area contributed by atoms with Crippen molar-refractivity contribution in [2.75, 3.05) is 11.1 Å². The van der Waals surface area contributed by atoms with Crippen LogP contribution in [0.25, 0.3) is 11.3 Å². The van der Waals surface area contributed by atoms with Gasteiger partial charge in [-0.3, -0.25) is 4.79 Å². The number of amides is 1. The van der Waals surface area contributed by atoms with Crippen LogP contribution in [0.2, 0.25) is 10.0 Å². The van der Waals surface area contributed by atoms with E-state index in [9.17, 15) is 4.79 Å². The predicted molar refractivity (Wildman–Crippen MR) is 92.9 cm³/mol. The largest absolute Gasteiger partial charge is 0.369 e. The number of hydrogen-bond acceptors (Lipinski definition) is 3. The Balaban J connectivity index is 1.76. The molecular formula is C16H12Cl2N4O. The standard InChI is InChI=1S/C16H12Cl2N4O/c17-11-5-10(6-12(18)7-11)15(23)21-13-3-1-9(2-4-13)14-8-20-16(19)22-14/h1-8H,(H,21,23)(H3,19,20,22). The number of nitrogens with one attached hydrogen (secondary N) is 2. The first-order valence-electron chi connectivity index (χ1n) is 6.69. The summed E-state index contributed by atoms with van der Waals surface area (Å²) in [7, 11) is 0. The molecule has 0 bridgehead atoms. The van der Waals surface area contributed by atoms with E-state index in [1.807, 2.05) is 12.1 Å². The van der Waals surface area contributed by atoms with Crippen LogP contribution < -0.4 is 11.1 Å². The van der Waals surface area contributed by atoms with Gasteiger partial charge in [-0.1, -0.05) is 35.3 Å². The van der Waals surface area contributed by atoms with E-state index >= 15 is 0 Å². The summed E-state index contributed by atoms with van der Waals surface area (Å²) in [5, 5.41) is 3.61. The minimum atomic E-state index is -0.284. The van der Waals surface area contributed by atoms with Crippen LogP contribution in [0.5, 0.6) is 0 Å². The molecule has 1 aromatic heterocycles. The van der Waals surface area contributed by atoms with E-state index in [0.717, 1.165) is 11.3 Å². The van der Waals surface area contributed by atoms with Gasteiger partial charge in [0.25, 0.3) is 5.91 Å². The summed E-state index contributed by atoms with van der Waals surface area (Å²) < 4.78 is 0. The van der Waals surface area contributed by atoms with Crippen molar-refractivity contribution in [3.8, 4) is 11.3 Å². The van der Waals surface area contributed by atoms with Crippen LogP contribution in [0.4, 0.5) is 11.6 Å². The maximum absolute atomic E-state index is 12.2. The number of anilines is 2. The van der Waals surface area contributed by atoms with E-state index in [2.05, 4.69) is 15.3 Å². The normalized spacial score (nSPS) is 10.5. The average molecular weight is 347 g/mol. The number of carbonyl (C=O) groups excluding carboxylic acids is 1. The topological polar surface area (TPSA) is 83.8 Å². The molecule has 0 atom stereocenters. The zero-order chi connectivity index (χ0) is 16.4. The second-order valence-electron chi connectivity index (χ2n) is 4.87. The molecule has 23 heavy (non-hydrogen) atoms. The smallest absolute Gasteiger partial charge is 0.255 e. The Morgan fingerprint density at radius 3 is 2.30 bits per heavy atom. The van der Waals surface area contributed by atoms with Gasteiger partial charge in [-0.05, 0) is 35.9 Å². The molecule has 2 aromatic carbocycles. The van der Waals surface area contributed by atoms with Gasteiger partial charge in [0.15, 0.2) is 5.95 Å². The van der Waals surface area contributed by atoms with Crippen molar-refractivity contribution in [3.05, 3.63) is 64.3 Å². The predicted octanol–water partition coefficient (Wildman–Crippen LogP) is 4.22. The zero-order valence-electron chi connectivity index (χ0n) is 11.8. The van der Waals surface area contributed by atoms with Gasteiger partial charge in [0.2, 0.25) is 0 Å². The highest BCUT2D eigenvalue weighted by Crippen LogP contribution is 2.22. The molecule has 0 unspecified atom stereocenters. The summed E-state index contributed by atoms with van der Waals surface area (Å²) in [5.41, 5.74) is 8.33. The highest BCUT2D eigenvalue weighted by molar-refractivity contribution is 6.35. The molecule has 1 heterocycles. The Labute approximate surface area is 142 Å². The molecule has 0 radical (unpaired) electrons. The molecule has 7 heteroatoms. The summed E-state index contributed by atoms with van der Waals surface area (Å²) in [6.07, 6.45) is 1.65. The Hall–Kier alpha value is -2.50. The van der Waals surface area contributed by atoms with Crippen molar-refractivity contribution in [1.29, 1.82) is 0 Å². The lowest BCUT2D eigenvalue weighted by Crippen LogP contribution is -2.11.